The molecule has 2 aromatic rings. The molecule has 0 aliphatic rings. The summed E-state index contributed by atoms with van der Waals surface area (Å²) in [7, 11) is 2.86. The molecule has 0 spiro atoms. The number of nitro benzene ring substituents is 1. The average molecular weight is 523 g/mol. The molecule has 156 valence electrons. The van der Waals surface area contributed by atoms with Crippen LogP contribution in [0.15, 0.2) is 35.9 Å². The van der Waals surface area contributed by atoms with Crippen LogP contribution in [0.1, 0.15) is 12.5 Å². The number of amides is 1. The van der Waals surface area contributed by atoms with Crippen molar-refractivity contribution >= 4 is 45.9 Å². The van der Waals surface area contributed by atoms with Gasteiger partial charge >= 0.3 is 0 Å². The highest BCUT2D eigenvalue weighted by atomic mass is 127. The summed E-state index contributed by atoms with van der Waals surface area (Å²) >= 11 is 2.07. The van der Waals surface area contributed by atoms with E-state index in [0.29, 0.717) is 23.7 Å². The zero-order valence-corrected chi connectivity index (χ0v) is 18.6. The molecule has 0 heterocycles. The van der Waals surface area contributed by atoms with Crippen LogP contribution >= 0.6 is 22.6 Å². The third kappa shape index (κ3) is 5.38. The van der Waals surface area contributed by atoms with E-state index in [-0.39, 0.29) is 22.7 Å². The van der Waals surface area contributed by atoms with Crippen LogP contribution in [0, 0.1) is 25.0 Å². The van der Waals surface area contributed by atoms with Crippen LogP contribution in [0.3, 0.4) is 0 Å². The summed E-state index contributed by atoms with van der Waals surface area (Å²) in [5.74, 6) is 0.526. The van der Waals surface area contributed by atoms with Gasteiger partial charge in [0.15, 0.2) is 11.5 Å². The van der Waals surface area contributed by atoms with Crippen molar-refractivity contribution in [3.8, 4) is 23.3 Å². The van der Waals surface area contributed by atoms with Crippen molar-refractivity contribution < 1.29 is 23.9 Å². The molecule has 2 aromatic carbocycles. The summed E-state index contributed by atoms with van der Waals surface area (Å²) < 4.78 is 16.8. The highest BCUT2D eigenvalue weighted by Gasteiger charge is 2.17. The van der Waals surface area contributed by atoms with Crippen LogP contribution in [-0.2, 0) is 4.79 Å². The fourth-order valence-electron chi connectivity index (χ4n) is 2.52. The number of ether oxygens (including phenoxy) is 3. The first-order valence-corrected chi connectivity index (χ1v) is 9.68. The van der Waals surface area contributed by atoms with Gasteiger partial charge in [0.25, 0.3) is 11.6 Å². The second kappa shape index (κ2) is 10.4. The van der Waals surface area contributed by atoms with Gasteiger partial charge in [-0.1, -0.05) is 0 Å². The quantitative estimate of drug-likeness (QED) is 0.181. The van der Waals surface area contributed by atoms with E-state index < -0.39 is 10.8 Å². The number of methoxy groups -OCH3 is 2. The van der Waals surface area contributed by atoms with Crippen molar-refractivity contribution in [3.05, 3.63) is 55.2 Å². The smallest absolute Gasteiger partial charge is 0.271 e. The zero-order chi connectivity index (χ0) is 22.3. The Kier molecular flexibility index (Phi) is 7.99. The Morgan fingerprint density at radius 2 is 1.97 bits per heavy atom. The van der Waals surface area contributed by atoms with Crippen LogP contribution in [-0.4, -0.2) is 31.7 Å². The third-order valence-electron chi connectivity index (χ3n) is 3.86. The molecule has 0 bridgehead atoms. The molecule has 1 N–H and O–H groups in total. The number of nitrogens with one attached hydrogen (secondary N) is 1. The lowest BCUT2D eigenvalue weighted by Crippen LogP contribution is -2.14. The van der Waals surface area contributed by atoms with Gasteiger partial charge in [-0.15, -0.1) is 0 Å². The first kappa shape index (κ1) is 23.0. The number of carbonyl (C=O) groups is 1. The van der Waals surface area contributed by atoms with Gasteiger partial charge in [-0.2, -0.15) is 5.26 Å². The van der Waals surface area contributed by atoms with Crippen molar-refractivity contribution in [1.82, 2.24) is 0 Å². The summed E-state index contributed by atoms with van der Waals surface area (Å²) in [5.41, 5.74) is 0.207. The topological polar surface area (TPSA) is 124 Å². The summed E-state index contributed by atoms with van der Waals surface area (Å²) in [6.07, 6.45) is 1.39. The van der Waals surface area contributed by atoms with E-state index in [0.717, 1.165) is 9.64 Å². The molecule has 0 aliphatic carbocycles. The zero-order valence-electron chi connectivity index (χ0n) is 16.4. The minimum Gasteiger partial charge on any atom is -0.495 e. The van der Waals surface area contributed by atoms with Crippen LogP contribution in [0.4, 0.5) is 11.4 Å². The maximum atomic E-state index is 12.6. The standard InChI is InChI=1S/C20H18IN3O6/c1-4-30-19-15(21)8-12(9-18(19)29-3)7-13(11-22)20(25)23-16-10-14(24(26)27)5-6-17(16)28-2/h5-10H,4H2,1-3H3,(H,23,25)/b13-7+. The summed E-state index contributed by atoms with van der Waals surface area (Å²) in [6.45, 7) is 2.31. The van der Waals surface area contributed by atoms with Crippen LogP contribution in [0.2, 0.25) is 0 Å². The van der Waals surface area contributed by atoms with Gasteiger partial charge in [-0.3, -0.25) is 14.9 Å². The fourth-order valence-corrected chi connectivity index (χ4v) is 3.30. The summed E-state index contributed by atoms with van der Waals surface area (Å²) in [6, 6.07) is 9.01. The molecule has 2 rings (SSSR count). The molecule has 0 atom stereocenters. The largest absolute Gasteiger partial charge is 0.495 e. The molecule has 0 fully saturated rings. The molecule has 1 amide bonds. The second-order valence-corrected chi connectivity index (χ2v) is 6.89. The number of carbonyl (C=O) groups excluding carboxylic acids is 1. The van der Waals surface area contributed by atoms with Crippen molar-refractivity contribution in [1.29, 1.82) is 5.26 Å². The Balaban J connectivity index is 2.39. The van der Waals surface area contributed by atoms with E-state index in [4.69, 9.17) is 14.2 Å². The number of benzene rings is 2. The maximum Gasteiger partial charge on any atom is 0.271 e. The van der Waals surface area contributed by atoms with E-state index in [1.54, 1.807) is 12.1 Å². The Hall–Kier alpha value is -3.33. The molecule has 0 aromatic heterocycles. The lowest BCUT2D eigenvalue weighted by Gasteiger charge is -2.12. The number of nitriles is 1. The van der Waals surface area contributed by atoms with Crippen LogP contribution < -0.4 is 19.5 Å². The molecule has 0 saturated carbocycles. The number of hydrogen-bond donors (Lipinski definition) is 1. The monoisotopic (exact) mass is 523 g/mol. The van der Waals surface area contributed by atoms with Crippen molar-refractivity contribution in [2.45, 2.75) is 6.92 Å². The minimum atomic E-state index is -0.737. The number of halogens is 1. The van der Waals surface area contributed by atoms with Crippen molar-refractivity contribution in [3.63, 3.8) is 0 Å². The van der Waals surface area contributed by atoms with E-state index >= 15 is 0 Å². The van der Waals surface area contributed by atoms with Gasteiger partial charge < -0.3 is 19.5 Å². The van der Waals surface area contributed by atoms with E-state index in [2.05, 4.69) is 27.9 Å². The molecule has 10 heteroatoms. The average Bonchev–Trinajstić information content (AvgIpc) is 2.73. The number of non-ortho nitro benzene ring substituents is 1. The summed E-state index contributed by atoms with van der Waals surface area (Å²) in [5, 5.41) is 23.0. The molecular weight excluding hydrogens is 505 g/mol. The van der Waals surface area contributed by atoms with E-state index in [1.165, 1.54) is 32.4 Å². The predicted molar refractivity (Wildman–Crippen MR) is 119 cm³/mol. The van der Waals surface area contributed by atoms with Crippen LogP contribution in [0.5, 0.6) is 17.2 Å². The van der Waals surface area contributed by atoms with E-state index in [9.17, 15) is 20.2 Å². The number of anilines is 1. The first-order chi connectivity index (χ1) is 14.3. The lowest BCUT2D eigenvalue weighted by molar-refractivity contribution is -0.384. The number of nitrogens with zero attached hydrogens (tertiary/aromatic N) is 2. The fraction of sp³-hybridized carbons (Fsp3) is 0.200. The number of nitro groups is 1. The van der Waals surface area contributed by atoms with Gasteiger partial charge in [-0.05, 0) is 59.4 Å². The Morgan fingerprint density at radius 3 is 2.53 bits per heavy atom. The molecule has 0 unspecified atom stereocenters. The molecule has 30 heavy (non-hydrogen) atoms. The normalized spacial score (nSPS) is 10.7. The number of rotatable bonds is 8. The SMILES string of the molecule is CCOc1c(I)cc(/C=C(\C#N)C(=O)Nc2cc([N+](=O)[O-])ccc2OC)cc1OC. The second-order valence-electron chi connectivity index (χ2n) is 5.73. The highest BCUT2D eigenvalue weighted by molar-refractivity contribution is 14.1. The first-order valence-electron chi connectivity index (χ1n) is 8.60. The lowest BCUT2D eigenvalue weighted by atomic mass is 10.1. The van der Waals surface area contributed by atoms with E-state index in [1.807, 2.05) is 13.0 Å². The Labute approximate surface area is 186 Å². The third-order valence-corrected chi connectivity index (χ3v) is 4.66. The Bertz CT molecular complexity index is 1050. The van der Waals surface area contributed by atoms with Gasteiger partial charge in [-0.25, -0.2) is 0 Å². The van der Waals surface area contributed by atoms with Gasteiger partial charge in [0, 0.05) is 12.1 Å². The number of hydrogen-bond acceptors (Lipinski definition) is 7. The van der Waals surface area contributed by atoms with Gasteiger partial charge in [0.05, 0.1) is 35.0 Å². The maximum absolute atomic E-state index is 12.6. The van der Waals surface area contributed by atoms with Crippen molar-refractivity contribution in [2.75, 3.05) is 26.1 Å². The highest BCUT2D eigenvalue weighted by Crippen LogP contribution is 2.35. The molecule has 0 radical (unpaired) electrons. The predicted octanol–water partition coefficient (Wildman–Crippen LogP) is 4.16. The molecule has 0 aliphatic heterocycles. The molecule has 9 nitrogen and oxygen atoms in total. The summed E-state index contributed by atoms with van der Waals surface area (Å²) in [4.78, 5) is 23.0. The Morgan fingerprint density at radius 1 is 1.27 bits per heavy atom. The van der Waals surface area contributed by atoms with Crippen LogP contribution in [0.25, 0.3) is 6.08 Å². The molecular formula is C20H18IN3O6. The van der Waals surface area contributed by atoms with Gasteiger partial charge in [0.2, 0.25) is 0 Å². The van der Waals surface area contributed by atoms with Gasteiger partial charge in [0.1, 0.15) is 17.4 Å². The van der Waals surface area contributed by atoms with Crippen molar-refractivity contribution in [2.24, 2.45) is 0 Å². The molecule has 0 saturated heterocycles. The minimum absolute atomic E-state index is 0.0803.